The summed E-state index contributed by atoms with van der Waals surface area (Å²) in [5, 5.41) is 10.1. The third-order valence-corrected chi connectivity index (χ3v) is 10.8. The van der Waals surface area contributed by atoms with Gasteiger partial charge in [0, 0.05) is 44.0 Å². The highest BCUT2D eigenvalue weighted by Gasteiger charge is 2.22. The summed E-state index contributed by atoms with van der Waals surface area (Å²) in [4.78, 5) is 10.5. The Morgan fingerprint density at radius 3 is 1.48 bits per heavy atom. The first-order valence-electron chi connectivity index (χ1n) is 18.9. The molecule has 56 heavy (non-hydrogen) atoms. The van der Waals surface area contributed by atoms with Gasteiger partial charge in [0.05, 0.1) is 33.6 Å². The molecule has 11 aromatic rings. The largest absolute Gasteiger partial charge is 0.278 e. The molecule has 4 heterocycles. The molecule has 0 spiro atoms. The first-order chi connectivity index (χ1) is 27.8. The normalized spacial score (nSPS) is 11.6. The van der Waals surface area contributed by atoms with E-state index in [-0.39, 0.29) is 0 Å². The van der Waals surface area contributed by atoms with Crippen LogP contribution in [0.2, 0.25) is 0 Å². The molecule has 0 bridgehead atoms. The highest BCUT2D eigenvalue weighted by Crippen LogP contribution is 2.41. The van der Waals surface area contributed by atoms with E-state index in [2.05, 4.69) is 203 Å². The Labute approximate surface area is 323 Å². The lowest BCUT2D eigenvalue weighted by atomic mass is 9.95. The number of nitrogens with zero attached hydrogens (tertiary/aromatic N) is 5. The molecule has 5 heteroatoms. The summed E-state index contributed by atoms with van der Waals surface area (Å²) in [6.45, 7) is 0. The SMILES string of the molecule is c1ccc(-c2cc(-c3ccc(-c4c(-c5ccccc5)nn5c(-c6ccccc6)cc6ccccc6c45)cc3)nc(-n3c4ccccc4c4ccccc43)n2)cc1. The summed E-state index contributed by atoms with van der Waals surface area (Å²) >= 11 is 0. The second-order valence-corrected chi connectivity index (χ2v) is 14.1. The Hall–Kier alpha value is -7.63. The van der Waals surface area contributed by atoms with E-state index in [0.717, 1.165) is 78.1 Å². The molecule has 0 unspecified atom stereocenters. The van der Waals surface area contributed by atoms with E-state index in [0.29, 0.717) is 5.95 Å². The van der Waals surface area contributed by atoms with Crippen LogP contribution in [-0.4, -0.2) is 24.1 Å². The Bertz CT molecular complexity index is 3170. The molecule has 0 saturated carbocycles. The highest BCUT2D eigenvalue weighted by molar-refractivity contribution is 6.10. The van der Waals surface area contributed by atoms with Crippen molar-refractivity contribution in [3.05, 3.63) is 200 Å². The highest BCUT2D eigenvalue weighted by atomic mass is 15.2. The maximum atomic E-state index is 5.39. The smallest absolute Gasteiger partial charge is 0.235 e. The maximum absolute atomic E-state index is 5.39. The molecule has 0 aliphatic carbocycles. The van der Waals surface area contributed by atoms with Gasteiger partial charge in [-0.25, -0.2) is 14.5 Å². The Balaban J connectivity index is 1.13. The van der Waals surface area contributed by atoms with E-state index in [1.165, 1.54) is 16.2 Å². The van der Waals surface area contributed by atoms with Gasteiger partial charge in [0.15, 0.2) is 0 Å². The van der Waals surface area contributed by atoms with Crippen LogP contribution < -0.4 is 0 Å². The molecule has 0 radical (unpaired) electrons. The van der Waals surface area contributed by atoms with E-state index in [1.807, 2.05) is 6.07 Å². The molecule has 5 nitrogen and oxygen atoms in total. The van der Waals surface area contributed by atoms with E-state index in [9.17, 15) is 0 Å². The van der Waals surface area contributed by atoms with Crippen molar-refractivity contribution in [2.75, 3.05) is 0 Å². The average Bonchev–Trinajstić information content (AvgIpc) is 3.84. The minimum atomic E-state index is 0.636. The Kier molecular flexibility index (Phi) is 7.42. The van der Waals surface area contributed by atoms with Crippen LogP contribution in [0, 0.1) is 0 Å². The van der Waals surface area contributed by atoms with Gasteiger partial charge in [-0.1, -0.05) is 176 Å². The lowest BCUT2D eigenvalue weighted by Crippen LogP contribution is -2.03. The van der Waals surface area contributed by atoms with E-state index < -0.39 is 0 Å². The van der Waals surface area contributed by atoms with Gasteiger partial charge in [0.25, 0.3) is 0 Å². The number of para-hydroxylation sites is 2. The van der Waals surface area contributed by atoms with Gasteiger partial charge >= 0.3 is 0 Å². The van der Waals surface area contributed by atoms with Crippen LogP contribution in [0.15, 0.2) is 200 Å². The molecule has 4 aromatic heterocycles. The standard InChI is InChI=1S/C51H33N5/c1-4-16-34(17-5-1)43-33-44(53-51(52-43)55-45-26-14-12-24-41(45)42-25-13-15-27-46(42)55)35-28-30-37(31-29-35)48-49(38-20-8-3-9-21-38)54-56-47(36-18-6-2-7-19-36)32-39-22-10-11-23-40(39)50(48)56/h1-33H. The number of aromatic nitrogens is 5. The molecule has 0 N–H and O–H groups in total. The van der Waals surface area contributed by atoms with E-state index in [4.69, 9.17) is 15.1 Å². The van der Waals surface area contributed by atoms with Crippen LogP contribution >= 0.6 is 0 Å². The predicted octanol–water partition coefficient (Wildman–Crippen LogP) is 12.7. The zero-order valence-electron chi connectivity index (χ0n) is 30.3. The quantitative estimate of drug-likeness (QED) is 0.172. The first kappa shape index (κ1) is 31.9. The van der Waals surface area contributed by atoms with Gasteiger partial charge in [-0.2, -0.15) is 5.10 Å². The summed E-state index contributed by atoms with van der Waals surface area (Å²) in [5.41, 5.74) is 13.3. The molecule has 0 atom stereocenters. The fourth-order valence-corrected chi connectivity index (χ4v) is 8.16. The lowest BCUT2D eigenvalue weighted by Gasteiger charge is -2.13. The molecule has 262 valence electrons. The predicted molar refractivity (Wildman–Crippen MR) is 230 cm³/mol. The summed E-state index contributed by atoms with van der Waals surface area (Å²) in [6, 6.07) is 70.1. The summed E-state index contributed by atoms with van der Waals surface area (Å²) in [5.74, 6) is 0.636. The van der Waals surface area contributed by atoms with Crippen molar-refractivity contribution < 1.29 is 0 Å². The van der Waals surface area contributed by atoms with Gasteiger partial charge in [-0.15, -0.1) is 0 Å². The Morgan fingerprint density at radius 2 is 0.857 bits per heavy atom. The summed E-state index contributed by atoms with van der Waals surface area (Å²) in [6.07, 6.45) is 0. The van der Waals surface area contributed by atoms with Crippen LogP contribution in [0.3, 0.4) is 0 Å². The average molecular weight is 716 g/mol. The molecule has 7 aromatic carbocycles. The molecule has 0 amide bonds. The molecule has 0 saturated heterocycles. The molecule has 0 aliphatic heterocycles. The van der Waals surface area contributed by atoms with E-state index >= 15 is 0 Å². The van der Waals surface area contributed by atoms with E-state index in [1.54, 1.807) is 0 Å². The Morgan fingerprint density at radius 1 is 0.375 bits per heavy atom. The van der Waals surface area contributed by atoms with Gasteiger partial charge < -0.3 is 0 Å². The van der Waals surface area contributed by atoms with Crippen LogP contribution in [0.1, 0.15) is 0 Å². The molecular weight excluding hydrogens is 683 g/mol. The van der Waals surface area contributed by atoms with Gasteiger partial charge in [0.1, 0.15) is 5.69 Å². The van der Waals surface area contributed by atoms with Crippen molar-refractivity contribution >= 4 is 38.1 Å². The third kappa shape index (κ3) is 5.21. The van der Waals surface area contributed by atoms with Crippen LogP contribution in [-0.2, 0) is 0 Å². The van der Waals surface area contributed by atoms with Gasteiger partial charge in [-0.3, -0.25) is 4.57 Å². The summed E-state index contributed by atoms with van der Waals surface area (Å²) < 4.78 is 4.33. The van der Waals surface area contributed by atoms with Crippen molar-refractivity contribution in [3.63, 3.8) is 0 Å². The van der Waals surface area contributed by atoms with Gasteiger partial charge in [-0.05, 0) is 35.2 Å². The van der Waals surface area contributed by atoms with Crippen molar-refractivity contribution in [2.24, 2.45) is 0 Å². The maximum Gasteiger partial charge on any atom is 0.235 e. The lowest BCUT2D eigenvalue weighted by molar-refractivity contribution is 0.979. The first-order valence-corrected chi connectivity index (χ1v) is 18.9. The molecule has 0 fully saturated rings. The fraction of sp³-hybridized carbons (Fsp3) is 0. The van der Waals surface area contributed by atoms with Crippen LogP contribution in [0.4, 0.5) is 0 Å². The second-order valence-electron chi connectivity index (χ2n) is 14.1. The number of benzene rings is 7. The minimum absolute atomic E-state index is 0.636. The zero-order valence-corrected chi connectivity index (χ0v) is 30.3. The molecule has 11 rings (SSSR count). The van der Waals surface area contributed by atoms with Crippen molar-refractivity contribution in [1.82, 2.24) is 24.1 Å². The monoisotopic (exact) mass is 715 g/mol. The van der Waals surface area contributed by atoms with Crippen LogP contribution in [0.25, 0.3) is 100 Å². The van der Waals surface area contributed by atoms with Gasteiger partial charge in [0.2, 0.25) is 5.95 Å². The number of fused-ring (bicyclic) bond motifs is 6. The summed E-state index contributed by atoms with van der Waals surface area (Å²) in [7, 11) is 0. The van der Waals surface area contributed by atoms with Crippen molar-refractivity contribution in [2.45, 2.75) is 0 Å². The minimum Gasteiger partial charge on any atom is -0.278 e. The van der Waals surface area contributed by atoms with Crippen LogP contribution in [0.5, 0.6) is 0 Å². The molecular formula is C51H33N5. The number of hydrogen-bond donors (Lipinski definition) is 0. The van der Waals surface area contributed by atoms with Crippen molar-refractivity contribution in [3.8, 4) is 62.1 Å². The second kappa shape index (κ2) is 13.0. The van der Waals surface area contributed by atoms with Crippen molar-refractivity contribution in [1.29, 1.82) is 0 Å². The number of rotatable bonds is 6. The number of pyridine rings is 1. The zero-order chi connectivity index (χ0) is 37.0. The topological polar surface area (TPSA) is 48.0 Å². The fourth-order valence-electron chi connectivity index (χ4n) is 8.16. The third-order valence-electron chi connectivity index (χ3n) is 10.8. The number of hydrogen-bond acceptors (Lipinski definition) is 3. The molecule has 0 aliphatic rings.